The Bertz CT molecular complexity index is 2400. The van der Waals surface area contributed by atoms with Crippen molar-refractivity contribution >= 4 is 28.8 Å². The number of fused-ring (bicyclic) bond motifs is 1. The van der Waals surface area contributed by atoms with Gasteiger partial charge in [0.05, 0.1) is 44.9 Å². The van der Waals surface area contributed by atoms with Gasteiger partial charge in [-0.3, -0.25) is 9.36 Å². The summed E-state index contributed by atoms with van der Waals surface area (Å²) in [5.41, 5.74) is 8.39. The normalized spacial score (nSPS) is 14.0. The van der Waals surface area contributed by atoms with Gasteiger partial charge < -0.3 is 15.2 Å². The van der Waals surface area contributed by atoms with Crippen molar-refractivity contribution in [1.82, 2.24) is 4.57 Å². The minimum atomic E-state index is -0.797. The summed E-state index contributed by atoms with van der Waals surface area (Å²) < 4.78 is 13.6. The maximum absolute atomic E-state index is 13.5. The molecule has 2 N–H and O–H groups in total. The van der Waals surface area contributed by atoms with Crippen molar-refractivity contribution in [3.8, 4) is 47.3 Å². The third-order valence-electron chi connectivity index (χ3n) is 7.25. The number of hydrogen-bond acceptors (Lipinski definition) is 9. The lowest BCUT2D eigenvalue weighted by Gasteiger charge is -2.22. The van der Waals surface area contributed by atoms with E-state index in [1.54, 1.807) is 103 Å². The van der Waals surface area contributed by atoms with Gasteiger partial charge in [-0.2, -0.15) is 21.0 Å². The molecule has 10 heteroatoms. The third kappa shape index (κ3) is 5.36. The van der Waals surface area contributed by atoms with Gasteiger partial charge in [-0.05, 0) is 65.7 Å². The first-order chi connectivity index (χ1) is 22.4. The van der Waals surface area contributed by atoms with Crippen molar-refractivity contribution in [3.05, 3.63) is 144 Å². The topological polar surface area (TPSA) is 162 Å². The zero-order chi connectivity index (χ0) is 32.2. The number of nitriles is 4. The lowest BCUT2D eigenvalue weighted by Crippen LogP contribution is -2.38. The zero-order valence-corrected chi connectivity index (χ0v) is 24.7. The average molecular weight is 617 g/mol. The molecule has 4 aromatic carbocycles. The van der Waals surface area contributed by atoms with Crippen LogP contribution in [0.4, 0.5) is 0 Å². The SMILES string of the molecule is N#CC1=C(N)n2c(s/c(=C\c3ccc(Oc4ccccc4C#N)cc3)c2=O)=C(C#N)C1c1ccc(Oc2ccccc2C#N)cc1. The number of rotatable bonds is 6. The number of thiazole rings is 1. The first kappa shape index (κ1) is 29.2. The predicted molar refractivity (Wildman–Crippen MR) is 172 cm³/mol. The zero-order valence-electron chi connectivity index (χ0n) is 23.8. The van der Waals surface area contributed by atoms with Gasteiger partial charge in [0.25, 0.3) is 5.56 Å². The van der Waals surface area contributed by atoms with Crippen LogP contribution in [0.15, 0.2) is 107 Å². The molecule has 2 heterocycles. The van der Waals surface area contributed by atoms with E-state index >= 15 is 0 Å². The second-order valence-corrected chi connectivity index (χ2v) is 11.0. The molecule has 46 heavy (non-hydrogen) atoms. The molecule has 218 valence electrons. The molecule has 1 aromatic heterocycles. The highest BCUT2D eigenvalue weighted by Gasteiger charge is 2.32. The van der Waals surface area contributed by atoms with E-state index in [0.717, 1.165) is 11.3 Å². The van der Waals surface area contributed by atoms with Crippen molar-refractivity contribution in [1.29, 1.82) is 21.0 Å². The van der Waals surface area contributed by atoms with Crippen molar-refractivity contribution in [2.75, 3.05) is 0 Å². The highest BCUT2D eigenvalue weighted by Crippen LogP contribution is 2.37. The molecule has 1 atom stereocenters. The summed E-state index contributed by atoms with van der Waals surface area (Å²) in [6.07, 6.45) is 1.68. The molecule has 0 spiro atoms. The van der Waals surface area contributed by atoms with E-state index in [4.69, 9.17) is 15.2 Å². The Morgan fingerprint density at radius 3 is 1.74 bits per heavy atom. The fraction of sp³-hybridized carbons (Fsp3) is 0.0278. The molecule has 0 saturated heterocycles. The molecular formula is C36H20N6O3S. The van der Waals surface area contributed by atoms with Gasteiger partial charge in [0.1, 0.15) is 45.6 Å². The van der Waals surface area contributed by atoms with Gasteiger partial charge in [0, 0.05) is 0 Å². The summed E-state index contributed by atoms with van der Waals surface area (Å²) in [6.45, 7) is 0. The third-order valence-corrected chi connectivity index (χ3v) is 8.36. The molecule has 1 unspecified atom stereocenters. The lowest BCUT2D eigenvalue weighted by molar-refractivity contribution is 0.480. The van der Waals surface area contributed by atoms with Gasteiger partial charge in [-0.1, -0.05) is 48.5 Å². The van der Waals surface area contributed by atoms with Gasteiger partial charge >= 0.3 is 0 Å². The fourth-order valence-electron chi connectivity index (χ4n) is 5.05. The van der Waals surface area contributed by atoms with Crippen LogP contribution in [0.2, 0.25) is 0 Å². The number of aromatic nitrogens is 1. The summed E-state index contributed by atoms with van der Waals surface area (Å²) in [5.74, 6) is 0.981. The van der Waals surface area contributed by atoms with Crippen molar-refractivity contribution in [2.24, 2.45) is 5.73 Å². The fourth-order valence-corrected chi connectivity index (χ4v) is 6.17. The van der Waals surface area contributed by atoms with Crippen LogP contribution in [0, 0.1) is 45.3 Å². The molecule has 0 fully saturated rings. The van der Waals surface area contributed by atoms with Crippen molar-refractivity contribution in [2.45, 2.75) is 5.92 Å². The van der Waals surface area contributed by atoms with Crippen LogP contribution >= 0.6 is 11.3 Å². The Balaban J connectivity index is 1.36. The molecule has 0 amide bonds. The minimum Gasteiger partial charge on any atom is -0.456 e. The van der Waals surface area contributed by atoms with Gasteiger partial charge in [0.15, 0.2) is 0 Å². The Hall–Kier alpha value is -6.85. The number of para-hydroxylation sites is 2. The molecule has 0 saturated carbocycles. The molecule has 0 bridgehead atoms. The molecule has 1 aliphatic heterocycles. The van der Waals surface area contributed by atoms with E-state index < -0.39 is 11.5 Å². The Kier molecular flexibility index (Phi) is 7.88. The van der Waals surface area contributed by atoms with Gasteiger partial charge in [-0.25, -0.2) is 0 Å². The van der Waals surface area contributed by atoms with Crippen molar-refractivity contribution < 1.29 is 9.47 Å². The number of ether oxygens (including phenoxy) is 2. The molecule has 0 radical (unpaired) electrons. The maximum atomic E-state index is 13.5. The highest BCUT2D eigenvalue weighted by molar-refractivity contribution is 7.07. The van der Waals surface area contributed by atoms with Crippen molar-refractivity contribution in [3.63, 3.8) is 0 Å². The smallest absolute Gasteiger partial charge is 0.274 e. The van der Waals surface area contributed by atoms with Crippen LogP contribution in [-0.2, 0) is 0 Å². The van der Waals surface area contributed by atoms with Crippen LogP contribution in [0.3, 0.4) is 0 Å². The second kappa shape index (κ2) is 12.4. The first-order valence-electron chi connectivity index (χ1n) is 13.8. The number of hydrogen-bond donors (Lipinski definition) is 1. The summed E-state index contributed by atoms with van der Waals surface area (Å²) >= 11 is 1.11. The van der Waals surface area contributed by atoms with Crippen LogP contribution in [-0.4, -0.2) is 4.57 Å². The largest absolute Gasteiger partial charge is 0.456 e. The molecular weight excluding hydrogens is 597 g/mol. The maximum Gasteiger partial charge on any atom is 0.274 e. The van der Waals surface area contributed by atoms with E-state index in [-0.39, 0.29) is 17.0 Å². The highest BCUT2D eigenvalue weighted by atomic mass is 32.1. The Morgan fingerprint density at radius 1 is 0.696 bits per heavy atom. The Morgan fingerprint density at radius 2 is 1.22 bits per heavy atom. The van der Waals surface area contributed by atoms with Crippen LogP contribution in [0.5, 0.6) is 23.0 Å². The molecule has 6 rings (SSSR count). The first-order valence-corrected chi connectivity index (χ1v) is 14.6. The van der Waals surface area contributed by atoms with E-state index in [1.807, 2.05) is 0 Å². The summed E-state index contributed by atoms with van der Waals surface area (Å²) in [4.78, 5) is 13.5. The minimum absolute atomic E-state index is 0.0365. The number of nitrogens with two attached hydrogens (primary N) is 1. The number of allylic oxidation sites excluding steroid dienone is 1. The average Bonchev–Trinajstić information content (AvgIpc) is 3.41. The summed E-state index contributed by atoms with van der Waals surface area (Å²) in [5, 5.41) is 39.1. The van der Waals surface area contributed by atoms with Gasteiger partial charge in [0.2, 0.25) is 0 Å². The lowest BCUT2D eigenvalue weighted by atomic mass is 9.84. The monoisotopic (exact) mass is 616 g/mol. The summed E-state index contributed by atoms with van der Waals surface area (Å²) in [6, 6.07) is 36.1. The van der Waals surface area contributed by atoms with E-state index in [2.05, 4.69) is 24.3 Å². The van der Waals surface area contributed by atoms with E-state index in [0.29, 0.717) is 54.4 Å². The summed E-state index contributed by atoms with van der Waals surface area (Å²) in [7, 11) is 0. The van der Waals surface area contributed by atoms with Crippen LogP contribution in [0.25, 0.3) is 17.5 Å². The molecule has 0 aliphatic carbocycles. The van der Waals surface area contributed by atoms with E-state index in [1.165, 1.54) is 4.57 Å². The second-order valence-electron chi connectivity index (χ2n) is 9.98. The quantitative estimate of drug-likeness (QED) is 0.273. The van der Waals surface area contributed by atoms with E-state index in [9.17, 15) is 25.8 Å². The predicted octanol–water partition coefficient (Wildman–Crippen LogP) is 5.19. The molecule has 1 aliphatic rings. The van der Waals surface area contributed by atoms with Crippen LogP contribution in [0.1, 0.15) is 28.2 Å². The number of nitrogens with zero attached hydrogens (tertiary/aromatic N) is 5. The standard InChI is InChI=1S/C36H20N6O3S/c37-18-24-5-1-3-7-30(24)44-26-13-9-22(10-14-26)17-32-35(43)42-34(41)28(20-39)33(29(21-40)36(42)46-32)23-11-15-27(16-12-23)45-31-8-4-2-6-25(31)19-38/h1-17,33H,41H2/b32-17-. The number of benzene rings is 4. The molecule has 5 aromatic rings. The molecule has 9 nitrogen and oxygen atoms in total. The Labute approximate surface area is 266 Å². The van der Waals surface area contributed by atoms with Gasteiger partial charge in [-0.15, -0.1) is 11.3 Å². The van der Waals surface area contributed by atoms with Crippen LogP contribution < -0.4 is 30.0 Å².